The summed E-state index contributed by atoms with van der Waals surface area (Å²) in [6, 6.07) is 0. The number of carboxylic acids is 1. The number of hydrogen-bond donors (Lipinski definition) is 1. The minimum absolute atomic E-state index is 0. The van der Waals surface area contributed by atoms with Gasteiger partial charge in [-0.2, -0.15) is 0 Å². The molecule has 61 valence electrons. The number of carbonyl (C=O) groups is 1. The van der Waals surface area contributed by atoms with Gasteiger partial charge in [0.2, 0.25) is 0 Å². The molecule has 0 aromatic heterocycles. The molecule has 0 fully saturated rings. The Morgan fingerprint density at radius 2 is 2.00 bits per heavy atom. The van der Waals surface area contributed by atoms with Crippen LogP contribution in [0.1, 0.15) is 49.5 Å². The van der Waals surface area contributed by atoms with Gasteiger partial charge in [-0.25, -0.2) is 0 Å². The Morgan fingerprint density at radius 3 is 2.55 bits per heavy atom. The van der Waals surface area contributed by atoms with Crippen LogP contribution >= 0.6 is 0 Å². The Labute approximate surface area is 94.9 Å². The first-order valence-electron chi connectivity index (χ1n) is 5.13. The summed E-state index contributed by atoms with van der Waals surface area (Å²) in [6.45, 7) is -1.83. The van der Waals surface area contributed by atoms with E-state index in [1.54, 1.807) is 0 Å². The second-order valence-electron chi connectivity index (χ2n) is 2.31. The summed E-state index contributed by atoms with van der Waals surface area (Å²) in [6.07, 6.45) is 3.36. The molecule has 0 aliphatic rings. The standard InChI is InChI=1S/C8H16O2.Na/c1-2-3-4-5-6-7-8(9)10;/h2-7H2,1H3,(H,9,10);/i1D3;. The van der Waals surface area contributed by atoms with Crippen LogP contribution in [0.5, 0.6) is 0 Å². The molecule has 0 bridgehead atoms. The molecule has 1 N–H and O–H groups in total. The summed E-state index contributed by atoms with van der Waals surface area (Å²) < 4.78 is 20.8. The van der Waals surface area contributed by atoms with Crippen molar-refractivity contribution in [2.24, 2.45) is 0 Å². The first-order valence-corrected chi connectivity index (χ1v) is 3.63. The van der Waals surface area contributed by atoms with E-state index in [9.17, 15) is 4.79 Å². The molecule has 0 aromatic carbocycles. The van der Waals surface area contributed by atoms with Crippen molar-refractivity contribution in [2.75, 3.05) is 0 Å². The van der Waals surface area contributed by atoms with Crippen LogP contribution in [0.3, 0.4) is 0 Å². The third kappa shape index (κ3) is 13.5. The molecule has 11 heavy (non-hydrogen) atoms. The molecule has 1 radical (unpaired) electrons. The smallest absolute Gasteiger partial charge is 0.303 e. The third-order valence-electron chi connectivity index (χ3n) is 1.32. The summed E-state index contributed by atoms with van der Waals surface area (Å²) >= 11 is 0. The second-order valence-corrected chi connectivity index (χ2v) is 2.31. The van der Waals surface area contributed by atoms with Crippen LogP contribution in [0, 0.1) is 0 Å². The molecule has 0 saturated carbocycles. The zero-order valence-corrected chi connectivity index (χ0v) is 9.10. The Morgan fingerprint density at radius 1 is 1.36 bits per heavy atom. The molecule has 2 nitrogen and oxygen atoms in total. The minimum atomic E-state index is -1.83. The van der Waals surface area contributed by atoms with Crippen LogP contribution in [0.4, 0.5) is 0 Å². The average molecular weight is 170 g/mol. The molecule has 0 amide bonds. The summed E-state index contributed by atoms with van der Waals surface area (Å²) in [5, 5.41) is 8.31. The molecule has 0 saturated heterocycles. The molecule has 0 aliphatic carbocycles. The maximum absolute atomic E-state index is 10.1. The first kappa shape index (κ1) is 8.09. The number of unbranched alkanes of at least 4 members (excludes halogenated alkanes) is 3. The summed E-state index contributed by atoms with van der Waals surface area (Å²) in [4.78, 5) is 10.1. The number of aliphatic carboxylic acids is 1. The van der Waals surface area contributed by atoms with Crippen molar-refractivity contribution in [3.63, 3.8) is 0 Å². The number of rotatable bonds is 6. The van der Waals surface area contributed by atoms with E-state index >= 15 is 0 Å². The fraction of sp³-hybridized carbons (Fsp3) is 0.875. The Balaban J connectivity index is 0. The van der Waals surface area contributed by atoms with Crippen molar-refractivity contribution in [3.8, 4) is 0 Å². The Hall–Kier alpha value is 0.470. The van der Waals surface area contributed by atoms with Crippen LogP contribution in [0.2, 0.25) is 0 Å². The van der Waals surface area contributed by atoms with E-state index < -0.39 is 12.8 Å². The van der Waals surface area contributed by atoms with Gasteiger partial charge >= 0.3 is 5.97 Å². The SMILES string of the molecule is [2H]C([2H])([2H])CCCCCCC(=O)O.[Na]. The van der Waals surface area contributed by atoms with Gasteiger partial charge < -0.3 is 5.11 Å². The maximum atomic E-state index is 10.1. The molecule has 0 atom stereocenters. The Kier molecular flexibility index (Phi) is 7.70. The van der Waals surface area contributed by atoms with Crippen molar-refractivity contribution in [2.45, 2.75) is 45.4 Å². The molecular formula is C8H16NaO2. The van der Waals surface area contributed by atoms with Crippen LogP contribution in [0.25, 0.3) is 0 Å². The number of carboxylic acid groups (broad SMARTS) is 1. The van der Waals surface area contributed by atoms with Crippen LogP contribution in [0.15, 0.2) is 0 Å². The van der Waals surface area contributed by atoms with Crippen LogP contribution < -0.4 is 0 Å². The van der Waals surface area contributed by atoms with Gasteiger partial charge in [-0.15, -0.1) is 0 Å². The zero-order chi connectivity index (χ0) is 10.3. The van der Waals surface area contributed by atoms with Gasteiger partial charge in [0.25, 0.3) is 0 Å². The van der Waals surface area contributed by atoms with Gasteiger partial charge in [0.1, 0.15) is 0 Å². The molecule has 0 spiro atoms. The maximum Gasteiger partial charge on any atom is 0.303 e. The van der Waals surface area contributed by atoms with Crippen molar-refractivity contribution in [3.05, 3.63) is 0 Å². The van der Waals surface area contributed by atoms with Crippen LogP contribution in [-0.4, -0.2) is 40.6 Å². The van der Waals surface area contributed by atoms with Crippen molar-refractivity contribution >= 4 is 35.5 Å². The quantitative estimate of drug-likeness (QED) is 0.489. The summed E-state index contributed by atoms with van der Waals surface area (Å²) in [5.41, 5.74) is 0. The van der Waals surface area contributed by atoms with E-state index in [4.69, 9.17) is 9.22 Å². The minimum Gasteiger partial charge on any atom is -0.481 e. The molecule has 0 heterocycles. The molecule has 0 aromatic rings. The van der Waals surface area contributed by atoms with Gasteiger partial charge in [-0.3, -0.25) is 4.79 Å². The third-order valence-corrected chi connectivity index (χ3v) is 1.32. The molecule has 0 aliphatic heterocycles. The molecule has 3 heteroatoms. The normalized spacial score (nSPS) is 14.0. The van der Waals surface area contributed by atoms with Gasteiger partial charge in [-0.05, 0) is 6.42 Å². The van der Waals surface area contributed by atoms with Crippen molar-refractivity contribution < 1.29 is 14.0 Å². The first-order chi connectivity index (χ1) is 5.92. The summed E-state index contributed by atoms with van der Waals surface area (Å²) in [5.74, 6) is -0.782. The predicted octanol–water partition coefficient (Wildman–Crippen LogP) is 2.05. The topological polar surface area (TPSA) is 37.3 Å². The van der Waals surface area contributed by atoms with Crippen molar-refractivity contribution in [1.82, 2.24) is 0 Å². The fourth-order valence-electron chi connectivity index (χ4n) is 0.755. The van der Waals surface area contributed by atoms with E-state index in [1.165, 1.54) is 0 Å². The van der Waals surface area contributed by atoms with E-state index in [0.717, 1.165) is 12.8 Å². The van der Waals surface area contributed by atoms with Gasteiger partial charge in [0.05, 0.1) is 0 Å². The van der Waals surface area contributed by atoms with Crippen molar-refractivity contribution in [1.29, 1.82) is 0 Å². The van der Waals surface area contributed by atoms with Gasteiger partial charge in [0, 0.05) is 40.1 Å². The van der Waals surface area contributed by atoms with Crippen LogP contribution in [-0.2, 0) is 4.79 Å². The molecule has 0 unspecified atom stereocenters. The van der Waals surface area contributed by atoms with Gasteiger partial charge in [0.15, 0.2) is 0 Å². The van der Waals surface area contributed by atoms with E-state index in [0.29, 0.717) is 12.8 Å². The van der Waals surface area contributed by atoms with E-state index in [-0.39, 0.29) is 42.4 Å². The molecule has 0 rings (SSSR count). The average Bonchev–Trinajstić information content (AvgIpc) is 1.93. The second kappa shape index (κ2) is 10.5. The van der Waals surface area contributed by atoms with Gasteiger partial charge in [-0.1, -0.05) is 32.5 Å². The predicted molar refractivity (Wildman–Crippen MR) is 46.8 cm³/mol. The van der Waals surface area contributed by atoms with E-state index in [1.807, 2.05) is 0 Å². The monoisotopic (exact) mass is 170 g/mol. The summed E-state index contributed by atoms with van der Waals surface area (Å²) in [7, 11) is 0. The zero-order valence-electron chi connectivity index (χ0n) is 10.1. The largest absolute Gasteiger partial charge is 0.481 e. The Bertz CT molecular complexity index is 159. The van der Waals surface area contributed by atoms with E-state index in [2.05, 4.69) is 0 Å². The molecular weight excluding hydrogens is 151 g/mol. The fourth-order valence-corrected chi connectivity index (χ4v) is 0.755. The number of hydrogen-bond acceptors (Lipinski definition) is 1.